The van der Waals surface area contributed by atoms with Gasteiger partial charge >= 0.3 is 12.0 Å². The van der Waals surface area contributed by atoms with Crippen molar-refractivity contribution in [3.8, 4) is 34.8 Å². The van der Waals surface area contributed by atoms with E-state index < -0.39 is 6.03 Å². The Kier molecular flexibility index (Phi) is 6.21. The molecule has 1 aliphatic carbocycles. The van der Waals surface area contributed by atoms with Crippen LogP contribution in [-0.4, -0.2) is 35.3 Å². The molecule has 2 heterocycles. The minimum Gasteiger partial charge on any atom is -0.493 e. The van der Waals surface area contributed by atoms with Crippen LogP contribution in [-0.2, 0) is 0 Å². The first-order chi connectivity index (χ1) is 15.0. The minimum atomic E-state index is -0.613. The predicted molar refractivity (Wildman–Crippen MR) is 112 cm³/mol. The molecule has 0 aliphatic heterocycles. The molecule has 9 nitrogen and oxygen atoms in total. The lowest BCUT2D eigenvalue weighted by Crippen LogP contribution is -2.40. The van der Waals surface area contributed by atoms with Gasteiger partial charge in [-0.3, -0.25) is 0 Å². The Morgan fingerprint density at radius 2 is 2.00 bits per heavy atom. The number of rotatable bonds is 10. The zero-order valence-corrected chi connectivity index (χ0v) is 17.1. The minimum absolute atomic E-state index is 0.196. The molecule has 1 atom stereocenters. The number of hydrogen-bond donors (Lipinski definition) is 2. The lowest BCUT2D eigenvalue weighted by molar-refractivity contribution is 0.211. The Balaban J connectivity index is 1.32. The lowest BCUT2D eigenvalue weighted by Gasteiger charge is -2.11. The van der Waals surface area contributed by atoms with Gasteiger partial charge in [0.05, 0.1) is 18.8 Å². The molecule has 0 saturated heterocycles. The molecule has 3 aromatic rings. The van der Waals surface area contributed by atoms with Crippen molar-refractivity contribution < 1.29 is 23.4 Å². The summed E-state index contributed by atoms with van der Waals surface area (Å²) in [5, 5.41) is 2.51. The number of benzene rings is 1. The second-order valence-electron chi connectivity index (χ2n) is 7.42. The predicted octanol–water partition coefficient (Wildman–Crippen LogP) is 3.75. The summed E-state index contributed by atoms with van der Waals surface area (Å²) in [7, 11) is 0. The molecule has 31 heavy (non-hydrogen) atoms. The molecular formula is C22H24N4O5. The number of urea groups is 1. The summed E-state index contributed by atoms with van der Waals surface area (Å²) >= 11 is 0. The highest BCUT2D eigenvalue weighted by Gasteiger charge is 2.21. The monoisotopic (exact) mass is 424 g/mol. The van der Waals surface area contributed by atoms with E-state index >= 15 is 0 Å². The quantitative estimate of drug-likeness (QED) is 0.508. The average molecular weight is 424 g/mol. The molecule has 0 unspecified atom stereocenters. The Bertz CT molecular complexity index is 1020. The fourth-order valence-electron chi connectivity index (χ4n) is 2.77. The van der Waals surface area contributed by atoms with Crippen molar-refractivity contribution in [1.29, 1.82) is 0 Å². The van der Waals surface area contributed by atoms with Crippen LogP contribution in [0.3, 0.4) is 0 Å². The molecule has 3 N–H and O–H groups in total. The third-order valence-corrected chi connectivity index (χ3v) is 4.53. The Hall–Kier alpha value is -3.75. The maximum Gasteiger partial charge on any atom is 0.312 e. The number of carbonyl (C=O) groups excluding carboxylic acids is 1. The van der Waals surface area contributed by atoms with Crippen molar-refractivity contribution in [2.24, 2.45) is 11.7 Å². The zero-order chi connectivity index (χ0) is 21.6. The number of ether oxygens (including phenoxy) is 3. The topological polar surface area (TPSA) is 122 Å². The van der Waals surface area contributed by atoms with Gasteiger partial charge in [0.15, 0.2) is 0 Å². The van der Waals surface area contributed by atoms with Crippen LogP contribution in [0.5, 0.6) is 23.2 Å². The fourth-order valence-corrected chi connectivity index (χ4v) is 2.77. The summed E-state index contributed by atoms with van der Waals surface area (Å²) in [6, 6.07) is 10.2. The smallest absolute Gasteiger partial charge is 0.312 e. The van der Waals surface area contributed by atoms with Crippen LogP contribution in [0.2, 0.25) is 0 Å². The summed E-state index contributed by atoms with van der Waals surface area (Å²) in [4.78, 5) is 19.3. The Morgan fingerprint density at radius 3 is 2.74 bits per heavy atom. The number of carbonyl (C=O) groups is 1. The summed E-state index contributed by atoms with van der Waals surface area (Å²) in [6.07, 6.45) is 5.54. The van der Waals surface area contributed by atoms with Crippen molar-refractivity contribution in [3.63, 3.8) is 0 Å². The van der Waals surface area contributed by atoms with Crippen molar-refractivity contribution in [2.75, 3.05) is 13.2 Å². The van der Waals surface area contributed by atoms with Crippen molar-refractivity contribution in [1.82, 2.24) is 15.3 Å². The maximum absolute atomic E-state index is 10.8. The van der Waals surface area contributed by atoms with E-state index in [-0.39, 0.29) is 18.6 Å². The van der Waals surface area contributed by atoms with Crippen LogP contribution in [0.15, 0.2) is 53.2 Å². The van der Waals surface area contributed by atoms with Gasteiger partial charge < -0.3 is 29.7 Å². The van der Waals surface area contributed by atoms with Gasteiger partial charge in [-0.05, 0) is 49.9 Å². The molecule has 2 amide bonds. The normalized spacial score (nSPS) is 14.0. The average Bonchev–Trinajstić information content (AvgIpc) is 3.47. The van der Waals surface area contributed by atoms with Crippen LogP contribution in [0.1, 0.15) is 19.8 Å². The summed E-state index contributed by atoms with van der Waals surface area (Å²) in [5.74, 6) is 3.27. The number of aromatic nitrogens is 2. The molecule has 0 radical (unpaired) electrons. The summed E-state index contributed by atoms with van der Waals surface area (Å²) < 4.78 is 22.7. The van der Waals surface area contributed by atoms with Crippen LogP contribution >= 0.6 is 0 Å². The number of primary amides is 1. The first-order valence-electron chi connectivity index (χ1n) is 10.1. The van der Waals surface area contributed by atoms with E-state index in [2.05, 4.69) is 15.3 Å². The van der Waals surface area contributed by atoms with Gasteiger partial charge in [-0.25, -0.2) is 14.8 Å². The number of nitrogens with two attached hydrogens (primary N) is 1. The van der Waals surface area contributed by atoms with Crippen molar-refractivity contribution >= 4 is 6.03 Å². The third kappa shape index (κ3) is 6.11. The zero-order valence-electron chi connectivity index (χ0n) is 17.1. The molecule has 1 aliphatic rings. The van der Waals surface area contributed by atoms with Gasteiger partial charge in [-0.2, -0.15) is 0 Å². The number of pyridine rings is 1. The Morgan fingerprint density at radius 1 is 1.16 bits per heavy atom. The van der Waals surface area contributed by atoms with Gasteiger partial charge in [0.2, 0.25) is 5.89 Å². The van der Waals surface area contributed by atoms with Crippen LogP contribution in [0, 0.1) is 5.92 Å². The van der Waals surface area contributed by atoms with Gasteiger partial charge in [0.1, 0.15) is 35.7 Å². The molecule has 1 fully saturated rings. The first-order valence-corrected chi connectivity index (χ1v) is 10.1. The second kappa shape index (κ2) is 9.38. The van der Waals surface area contributed by atoms with Crippen LogP contribution in [0.4, 0.5) is 4.79 Å². The van der Waals surface area contributed by atoms with Gasteiger partial charge in [0.25, 0.3) is 0 Å². The van der Waals surface area contributed by atoms with E-state index in [9.17, 15) is 4.79 Å². The molecule has 0 bridgehead atoms. The number of nitrogens with one attached hydrogen (secondary N) is 1. The van der Waals surface area contributed by atoms with E-state index in [1.807, 2.05) is 24.3 Å². The highest BCUT2D eigenvalue weighted by molar-refractivity contribution is 5.71. The largest absolute Gasteiger partial charge is 0.493 e. The standard InChI is InChI=1S/C22H24N4O5/c1-14(26-22(23)27)12-29-20-11-25-21(31-20)19-8-7-18(10-24-19)30-17-4-2-3-16(9-17)28-13-15-5-6-15/h2-4,7-11,14-15H,5-6,12-13H2,1H3,(H3,23,26,27)/t14-/m0/s1. The molecule has 4 rings (SSSR count). The third-order valence-electron chi connectivity index (χ3n) is 4.53. The van der Waals surface area contributed by atoms with Crippen molar-refractivity contribution in [3.05, 3.63) is 48.8 Å². The van der Waals surface area contributed by atoms with E-state index in [4.69, 9.17) is 24.4 Å². The maximum atomic E-state index is 10.8. The molecular weight excluding hydrogens is 400 g/mol. The van der Waals surface area contributed by atoms with Gasteiger partial charge in [0, 0.05) is 6.07 Å². The molecule has 1 saturated carbocycles. The second-order valence-corrected chi connectivity index (χ2v) is 7.42. The summed E-state index contributed by atoms with van der Waals surface area (Å²) in [5.41, 5.74) is 5.61. The molecule has 2 aromatic heterocycles. The van der Waals surface area contributed by atoms with Crippen molar-refractivity contribution in [2.45, 2.75) is 25.8 Å². The van der Waals surface area contributed by atoms with E-state index in [1.165, 1.54) is 19.0 Å². The number of hydrogen-bond acceptors (Lipinski definition) is 7. The SMILES string of the molecule is C[C@@H](COc1cnc(-c2ccc(Oc3cccc(OCC4CC4)c3)cn2)o1)NC(N)=O. The van der Waals surface area contributed by atoms with E-state index in [1.54, 1.807) is 25.3 Å². The number of amides is 2. The molecule has 0 spiro atoms. The summed E-state index contributed by atoms with van der Waals surface area (Å²) in [6.45, 7) is 2.71. The molecule has 1 aromatic carbocycles. The lowest BCUT2D eigenvalue weighted by atomic mass is 10.3. The van der Waals surface area contributed by atoms with Gasteiger partial charge in [-0.1, -0.05) is 6.07 Å². The first kappa shape index (κ1) is 20.5. The number of nitrogens with zero attached hydrogens (tertiary/aromatic N) is 2. The fraction of sp³-hybridized carbons (Fsp3) is 0.318. The molecule has 9 heteroatoms. The van der Waals surface area contributed by atoms with Gasteiger partial charge in [-0.15, -0.1) is 0 Å². The highest BCUT2D eigenvalue weighted by atomic mass is 16.6. The van der Waals surface area contributed by atoms with Crippen LogP contribution < -0.4 is 25.3 Å². The van der Waals surface area contributed by atoms with Crippen LogP contribution in [0.25, 0.3) is 11.6 Å². The Labute approximate surface area is 179 Å². The number of oxazole rings is 1. The highest BCUT2D eigenvalue weighted by Crippen LogP contribution is 2.31. The van der Waals surface area contributed by atoms with E-state index in [0.717, 1.165) is 12.4 Å². The molecule has 162 valence electrons. The van der Waals surface area contributed by atoms with E-state index in [0.29, 0.717) is 29.0 Å².